The molecule has 6 heteroatoms. The lowest BCUT2D eigenvalue weighted by atomic mass is 10.0. The van der Waals surface area contributed by atoms with Gasteiger partial charge < -0.3 is 13.7 Å². The highest BCUT2D eigenvalue weighted by Gasteiger charge is 2.13. The van der Waals surface area contributed by atoms with Crippen LogP contribution in [0.4, 0.5) is 0 Å². The Morgan fingerprint density at radius 1 is 1.30 bits per heavy atom. The fraction of sp³-hybridized carbons (Fsp3) is 0.353. The number of hydrogen-bond donors (Lipinski definition) is 0. The van der Waals surface area contributed by atoms with Crippen molar-refractivity contribution in [3.8, 4) is 5.75 Å². The number of ether oxygens (including phenoxy) is 1. The number of fused-ring (bicyclic) bond motifs is 1. The lowest BCUT2D eigenvalue weighted by Gasteiger charge is -2.12. The van der Waals surface area contributed by atoms with Crippen LogP contribution >= 0.6 is 0 Å². The summed E-state index contributed by atoms with van der Waals surface area (Å²) in [6.45, 7) is 4.33. The Hall–Kier alpha value is -2.63. The minimum absolute atomic E-state index is 0.305. The summed E-state index contributed by atoms with van der Waals surface area (Å²) in [7, 11) is 1.87. The molecule has 3 rings (SSSR count). The summed E-state index contributed by atoms with van der Waals surface area (Å²) in [6.07, 6.45) is 3.37. The molecule has 0 aliphatic rings. The number of hydrogen-bond acceptors (Lipinski definition) is 5. The van der Waals surface area contributed by atoms with Crippen LogP contribution in [0.1, 0.15) is 30.3 Å². The SMILES string of the molecule is CCCc1cc(=O)oc2cc(C)cc(OCc3nncn3C)c12. The van der Waals surface area contributed by atoms with Crippen molar-refractivity contribution in [1.29, 1.82) is 0 Å². The van der Waals surface area contributed by atoms with E-state index in [9.17, 15) is 4.79 Å². The van der Waals surface area contributed by atoms with Crippen molar-refractivity contribution in [1.82, 2.24) is 14.8 Å². The lowest BCUT2D eigenvalue weighted by Crippen LogP contribution is -2.06. The molecule has 0 atom stereocenters. The van der Waals surface area contributed by atoms with Crippen LogP contribution in [0, 0.1) is 6.92 Å². The quantitative estimate of drug-likeness (QED) is 0.677. The van der Waals surface area contributed by atoms with Gasteiger partial charge in [0, 0.05) is 13.1 Å². The van der Waals surface area contributed by atoms with Gasteiger partial charge in [0.1, 0.15) is 24.3 Å². The van der Waals surface area contributed by atoms with Crippen LogP contribution in [0.15, 0.2) is 33.7 Å². The first-order chi connectivity index (χ1) is 11.1. The van der Waals surface area contributed by atoms with E-state index in [1.54, 1.807) is 12.4 Å². The first-order valence-corrected chi connectivity index (χ1v) is 7.61. The molecule has 0 radical (unpaired) electrons. The van der Waals surface area contributed by atoms with Gasteiger partial charge in [-0.3, -0.25) is 0 Å². The van der Waals surface area contributed by atoms with E-state index in [0.29, 0.717) is 17.9 Å². The van der Waals surface area contributed by atoms with Crippen molar-refractivity contribution in [3.05, 3.63) is 51.9 Å². The molecule has 0 unspecified atom stereocenters. The number of rotatable bonds is 5. The Labute approximate surface area is 133 Å². The summed E-state index contributed by atoms with van der Waals surface area (Å²) >= 11 is 0. The summed E-state index contributed by atoms with van der Waals surface area (Å²) in [4.78, 5) is 11.8. The van der Waals surface area contributed by atoms with Gasteiger partial charge in [0.2, 0.25) is 0 Å². The Balaban J connectivity index is 2.07. The normalized spacial score (nSPS) is 11.1. The Bertz CT molecular complexity index is 896. The molecule has 23 heavy (non-hydrogen) atoms. The second-order valence-corrected chi connectivity index (χ2v) is 5.62. The second kappa shape index (κ2) is 6.24. The summed E-state index contributed by atoms with van der Waals surface area (Å²) in [5.74, 6) is 1.43. The van der Waals surface area contributed by atoms with Gasteiger partial charge in [-0.1, -0.05) is 13.3 Å². The Morgan fingerprint density at radius 2 is 2.13 bits per heavy atom. The van der Waals surface area contributed by atoms with Crippen LogP contribution in [0.3, 0.4) is 0 Å². The second-order valence-electron chi connectivity index (χ2n) is 5.62. The molecule has 0 aliphatic carbocycles. The molecule has 0 bridgehead atoms. The highest BCUT2D eigenvalue weighted by Crippen LogP contribution is 2.31. The van der Waals surface area contributed by atoms with Gasteiger partial charge in [-0.2, -0.15) is 0 Å². The van der Waals surface area contributed by atoms with E-state index in [1.807, 2.05) is 30.7 Å². The van der Waals surface area contributed by atoms with Gasteiger partial charge in [-0.05, 0) is 36.6 Å². The first-order valence-electron chi connectivity index (χ1n) is 7.61. The van der Waals surface area contributed by atoms with Crippen LogP contribution in [-0.4, -0.2) is 14.8 Å². The van der Waals surface area contributed by atoms with E-state index >= 15 is 0 Å². The highest BCUT2D eigenvalue weighted by molar-refractivity contribution is 5.87. The van der Waals surface area contributed by atoms with Gasteiger partial charge in [0.15, 0.2) is 5.82 Å². The third kappa shape index (κ3) is 3.11. The van der Waals surface area contributed by atoms with Crippen molar-refractivity contribution in [2.75, 3.05) is 0 Å². The minimum atomic E-state index is -0.328. The minimum Gasteiger partial charge on any atom is -0.485 e. The Morgan fingerprint density at radius 3 is 2.83 bits per heavy atom. The van der Waals surface area contributed by atoms with E-state index in [2.05, 4.69) is 17.1 Å². The molecule has 0 fully saturated rings. The van der Waals surface area contributed by atoms with Gasteiger partial charge in [0.25, 0.3) is 0 Å². The van der Waals surface area contributed by atoms with E-state index in [0.717, 1.165) is 35.2 Å². The van der Waals surface area contributed by atoms with Crippen LogP contribution < -0.4 is 10.4 Å². The maximum absolute atomic E-state index is 11.8. The largest absolute Gasteiger partial charge is 0.485 e. The van der Waals surface area contributed by atoms with E-state index in [1.165, 1.54) is 0 Å². The molecule has 0 aliphatic heterocycles. The van der Waals surface area contributed by atoms with Crippen molar-refractivity contribution < 1.29 is 9.15 Å². The summed E-state index contributed by atoms with van der Waals surface area (Å²) in [5, 5.41) is 8.73. The molecule has 0 saturated carbocycles. The smallest absolute Gasteiger partial charge is 0.336 e. The summed E-state index contributed by atoms with van der Waals surface area (Å²) in [6, 6.07) is 5.37. The monoisotopic (exact) mass is 313 g/mol. The molecular formula is C17H19N3O3. The number of nitrogens with zero attached hydrogens (tertiary/aromatic N) is 3. The molecule has 120 valence electrons. The number of aryl methyl sites for hydroxylation is 3. The molecule has 0 spiro atoms. The van der Waals surface area contributed by atoms with E-state index < -0.39 is 0 Å². The van der Waals surface area contributed by atoms with Crippen LogP contribution in [0.5, 0.6) is 5.75 Å². The molecule has 6 nitrogen and oxygen atoms in total. The maximum atomic E-state index is 11.8. The van der Waals surface area contributed by atoms with Crippen molar-refractivity contribution in [3.63, 3.8) is 0 Å². The number of benzene rings is 1. The predicted octanol–water partition coefficient (Wildman–Crippen LogP) is 2.76. The van der Waals surface area contributed by atoms with Crippen LogP contribution in [0.2, 0.25) is 0 Å². The average Bonchev–Trinajstić information content (AvgIpc) is 2.89. The highest BCUT2D eigenvalue weighted by atomic mass is 16.5. The molecule has 1 aromatic carbocycles. The topological polar surface area (TPSA) is 70.2 Å². The van der Waals surface area contributed by atoms with E-state index in [4.69, 9.17) is 9.15 Å². The third-order valence-corrected chi connectivity index (χ3v) is 3.72. The molecule has 2 aromatic heterocycles. The molecule has 0 amide bonds. The fourth-order valence-electron chi connectivity index (χ4n) is 2.63. The van der Waals surface area contributed by atoms with Gasteiger partial charge in [-0.15, -0.1) is 10.2 Å². The van der Waals surface area contributed by atoms with Gasteiger partial charge in [-0.25, -0.2) is 4.79 Å². The van der Waals surface area contributed by atoms with Crippen molar-refractivity contribution in [2.45, 2.75) is 33.3 Å². The summed E-state index contributed by atoms with van der Waals surface area (Å²) in [5.41, 5.74) is 2.16. The standard InChI is InChI=1S/C17H19N3O3/c1-4-5-12-8-16(21)23-14-7-11(2)6-13(17(12)14)22-9-15-19-18-10-20(15)3/h6-8,10H,4-5,9H2,1-3H3. The average molecular weight is 313 g/mol. The molecular weight excluding hydrogens is 294 g/mol. The predicted molar refractivity (Wildman–Crippen MR) is 86.6 cm³/mol. The molecule has 2 heterocycles. The van der Waals surface area contributed by atoms with Gasteiger partial charge in [0.05, 0.1) is 5.39 Å². The van der Waals surface area contributed by atoms with Crippen LogP contribution in [-0.2, 0) is 20.1 Å². The molecule has 3 aromatic rings. The third-order valence-electron chi connectivity index (χ3n) is 3.72. The zero-order valence-electron chi connectivity index (χ0n) is 13.5. The molecule has 0 saturated heterocycles. The zero-order chi connectivity index (χ0) is 16.4. The first kappa shape index (κ1) is 15.3. The van der Waals surface area contributed by atoms with Gasteiger partial charge >= 0.3 is 5.63 Å². The zero-order valence-corrected chi connectivity index (χ0v) is 13.5. The summed E-state index contributed by atoms with van der Waals surface area (Å²) < 4.78 is 13.1. The van der Waals surface area contributed by atoms with E-state index in [-0.39, 0.29) is 5.63 Å². The van der Waals surface area contributed by atoms with Crippen LogP contribution in [0.25, 0.3) is 11.0 Å². The molecule has 0 N–H and O–H groups in total. The fourth-order valence-corrected chi connectivity index (χ4v) is 2.63. The lowest BCUT2D eigenvalue weighted by molar-refractivity contribution is 0.294. The maximum Gasteiger partial charge on any atom is 0.336 e. The number of aromatic nitrogens is 3. The Kier molecular flexibility index (Phi) is 4.14. The van der Waals surface area contributed by atoms with Crippen molar-refractivity contribution >= 4 is 11.0 Å². The van der Waals surface area contributed by atoms with Crippen molar-refractivity contribution in [2.24, 2.45) is 7.05 Å².